The van der Waals surface area contributed by atoms with Crippen LogP contribution in [-0.4, -0.2) is 12.4 Å². The molecule has 0 fully saturated rings. The first-order chi connectivity index (χ1) is 6.56. The van der Waals surface area contributed by atoms with Crippen molar-refractivity contribution >= 4 is 29.0 Å². The summed E-state index contributed by atoms with van der Waals surface area (Å²) in [6, 6.07) is 3.08. The van der Waals surface area contributed by atoms with Gasteiger partial charge in [0.2, 0.25) is 0 Å². The Morgan fingerprint density at radius 1 is 1.36 bits per heavy atom. The van der Waals surface area contributed by atoms with E-state index in [1.807, 2.05) is 6.92 Å². The van der Waals surface area contributed by atoms with Crippen LogP contribution in [0.1, 0.15) is 24.2 Å². The molecule has 0 aliphatic carbocycles. The number of hydrogen-bond donors (Lipinski definition) is 0. The van der Waals surface area contributed by atoms with E-state index in [9.17, 15) is 4.79 Å². The van der Waals surface area contributed by atoms with E-state index >= 15 is 0 Å². The molecule has 4 heteroatoms. The van der Waals surface area contributed by atoms with Crippen LogP contribution in [0.25, 0.3) is 0 Å². The van der Waals surface area contributed by atoms with Crippen molar-refractivity contribution in [2.75, 3.05) is 6.61 Å². The second kappa shape index (κ2) is 4.67. The molecule has 14 heavy (non-hydrogen) atoms. The molecule has 0 radical (unpaired) electrons. The molecule has 1 rings (SSSR count). The second-order valence-electron chi connectivity index (χ2n) is 2.75. The van der Waals surface area contributed by atoms with Crippen molar-refractivity contribution < 1.29 is 9.53 Å². The van der Waals surface area contributed by atoms with Crippen LogP contribution in [0.5, 0.6) is 5.75 Å². The average Bonchev–Trinajstić information content (AvgIpc) is 2.09. The first kappa shape index (κ1) is 11.3. The summed E-state index contributed by atoms with van der Waals surface area (Å²) in [6.45, 7) is 3.79. The van der Waals surface area contributed by atoms with Crippen LogP contribution in [0.2, 0.25) is 10.0 Å². The van der Waals surface area contributed by atoms with Gasteiger partial charge in [-0.2, -0.15) is 0 Å². The van der Waals surface area contributed by atoms with Crippen molar-refractivity contribution in [2.45, 2.75) is 13.8 Å². The number of ketones is 1. The van der Waals surface area contributed by atoms with Crippen molar-refractivity contribution in [1.82, 2.24) is 0 Å². The van der Waals surface area contributed by atoms with Crippen molar-refractivity contribution in [3.05, 3.63) is 27.7 Å². The van der Waals surface area contributed by atoms with E-state index in [0.717, 1.165) is 0 Å². The molecule has 0 unspecified atom stereocenters. The predicted molar refractivity (Wildman–Crippen MR) is 57.6 cm³/mol. The summed E-state index contributed by atoms with van der Waals surface area (Å²) in [4.78, 5) is 11.2. The van der Waals surface area contributed by atoms with Crippen LogP contribution in [0.15, 0.2) is 12.1 Å². The maximum atomic E-state index is 11.2. The molecule has 0 N–H and O–H groups in total. The van der Waals surface area contributed by atoms with E-state index in [4.69, 9.17) is 27.9 Å². The zero-order chi connectivity index (χ0) is 10.7. The molecule has 0 saturated heterocycles. The van der Waals surface area contributed by atoms with Gasteiger partial charge in [-0.15, -0.1) is 0 Å². The lowest BCUT2D eigenvalue weighted by Crippen LogP contribution is -1.98. The number of carbonyl (C=O) groups excluding carboxylic acids is 1. The molecule has 0 heterocycles. The molecule has 0 atom stereocenters. The Labute approximate surface area is 92.8 Å². The van der Waals surface area contributed by atoms with Gasteiger partial charge in [-0.1, -0.05) is 23.2 Å². The normalized spacial score (nSPS) is 10.0. The highest BCUT2D eigenvalue weighted by molar-refractivity contribution is 6.37. The third-order valence-corrected chi connectivity index (χ3v) is 2.31. The molecule has 0 aromatic heterocycles. The van der Waals surface area contributed by atoms with Crippen molar-refractivity contribution in [1.29, 1.82) is 0 Å². The molecule has 0 aliphatic heterocycles. The van der Waals surface area contributed by atoms with Crippen LogP contribution in [0.4, 0.5) is 0 Å². The van der Waals surface area contributed by atoms with E-state index in [0.29, 0.717) is 28.0 Å². The van der Waals surface area contributed by atoms with Gasteiger partial charge in [-0.3, -0.25) is 4.79 Å². The number of ether oxygens (including phenoxy) is 1. The average molecular weight is 233 g/mol. The van der Waals surface area contributed by atoms with Gasteiger partial charge in [-0.25, -0.2) is 0 Å². The summed E-state index contributed by atoms with van der Waals surface area (Å²) in [6.07, 6.45) is 0. The van der Waals surface area contributed by atoms with Crippen molar-refractivity contribution in [3.8, 4) is 5.75 Å². The Morgan fingerprint density at radius 2 is 2.00 bits per heavy atom. The van der Waals surface area contributed by atoms with Gasteiger partial charge in [0.25, 0.3) is 0 Å². The first-order valence-corrected chi connectivity index (χ1v) is 4.94. The molecule has 0 bridgehead atoms. The van der Waals surface area contributed by atoms with E-state index in [-0.39, 0.29) is 5.78 Å². The quantitative estimate of drug-likeness (QED) is 0.745. The summed E-state index contributed by atoms with van der Waals surface area (Å²) in [7, 11) is 0. The molecule has 0 spiro atoms. The molecule has 76 valence electrons. The van der Waals surface area contributed by atoms with Crippen LogP contribution < -0.4 is 4.74 Å². The van der Waals surface area contributed by atoms with Crippen molar-refractivity contribution in [3.63, 3.8) is 0 Å². The van der Waals surface area contributed by atoms with Crippen molar-refractivity contribution in [2.24, 2.45) is 0 Å². The first-order valence-electron chi connectivity index (χ1n) is 4.19. The summed E-state index contributed by atoms with van der Waals surface area (Å²) in [5, 5.41) is 0.771. The molecule has 0 aliphatic rings. The fourth-order valence-electron chi connectivity index (χ4n) is 1.07. The molecule has 1 aromatic rings. The van der Waals surface area contributed by atoms with Gasteiger partial charge in [0.1, 0.15) is 5.75 Å². The standard InChI is InChI=1S/C10H10Cl2O2/c1-3-14-10-4-7(6(2)13)8(11)5-9(10)12/h4-5H,3H2,1-2H3. The van der Waals surface area contributed by atoms with Crippen LogP contribution >= 0.6 is 23.2 Å². The van der Waals surface area contributed by atoms with E-state index in [1.54, 1.807) is 6.07 Å². The van der Waals surface area contributed by atoms with Gasteiger partial charge >= 0.3 is 0 Å². The Bertz CT molecular complexity index is 361. The minimum atomic E-state index is -0.104. The fraction of sp³-hybridized carbons (Fsp3) is 0.300. The molecule has 1 aromatic carbocycles. The highest BCUT2D eigenvalue weighted by atomic mass is 35.5. The zero-order valence-electron chi connectivity index (χ0n) is 7.93. The predicted octanol–water partition coefficient (Wildman–Crippen LogP) is 3.59. The lowest BCUT2D eigenvalue weighted by Gasteiger charge is -2.08. The second-order valence-corrected chi connectivity index (χ2v) is 3.57. The van der Waals surface area contributed by atoms with Crippen LogP contribution in [0.3, 0.4) is 0 Å². The third-order valence-electron chi connectivity index (χ3n) is 1.70. The largest absolute Gasteiger partial charge is 0.492 e. The maximum absolute atomic E-state index is 11.2. The number of halogens is 2. The minimum absolute atomic E-state index is 0.104. The topological polar surface area (TPSA) is 26.3 Å². The molecule has 0 saturated carbocycles. The zero-order valence-corrected chi connectivity index (χ0v) is 9.45. The monoisotopic (exact) mass is 232 g/mol. The lowest BCUT2D eigenvalue weighted by molar-refractivity contribution is 0.101. The maximum Gasteiger partial charge on any atom is 0.161 e. The Hall–Kier alpha value is -0.730. The van der Waals surface area contributed by atoms with Gasteiger partial charge in [0.15, 0.2) is 5.78 Å². The number of benzene rings is 1. The number of carbonyl (C=O) groups is 1. The summed E-state index contributed by atoms with van der Waals surface area (Å²) in [5.74, 6) is 0.386. The SMILES string of the molecule is CCOc1cc(C(C)=O)c(Cl)cc1Cl. The van der Waals surface area contributed by atoms with E-state index in [1.165, 1.54) is 13.0 Å². The van der Waals surface area contributed by atoms with Crippen LogP contribution in [-0.2, 0) is 0 Å². The minimum Gasteiger partial charge on any atom is -0.492 e. The highest BCUT2D eigenvalue weighted by Crippen LogP contribution is 2.31. The molecular weight excluding hydrogens is 223 g/mol. The third kappa shape index (κ3) is 2.40. The van der Waals surface area contributed by atoms with Crippen LogP contribution in [0, 0.1) is 0 Å². The smallest absolute Gasteiger partial charge is 0.161 e. The van der Waals surface area contributed by atoms with Gasteiger partial charge < -0.3 is 4.74 Å². The Morgan fingerprint density at radius 3 is 2.50 bits per heavy atom. The number of Topliss-reactive ketones (excluding diaryl/α,β-unsaturated/α-hetero) is 1. The Balaban J connectivity index is 3.20. The summed E-state index contributed by atoms with van der Waals surface area (Å²) < 4.78 is 5.24. The number of rotatable bonds is 3. The lowest BCUT2D eigenvalue weighted by atomic mass is 10.1. The molecule has 0 amide bonds. The van der Waals surface area contributed by atoms with Gasteiger partial charge in [-0.05, 0) is 26.0 Å². The van der Waals surface area contributed by atoms with Gasteiger partial charge in [0, 0.05) is 5.56 Å². The van der Waals surface area contributed by atoms with Gasteiger partial charge in [0.05, 0.1) is 16.7 Å². The number of hydrogen-bond acceptors (Lipinski definition) is 2. The molecular formula is C10H10Cl2O2. The molecule has 2 nitrogen and oxygen atoms in total. The van der Waals surface area contributed by atoms with E-state index < -0.39 is 0 Å². The summed E-state index contributed by atoms with van der Waals surface area (Å²) >= 11 is 11.7. The van der Waals surface area contributed by atoms with E-state index in [2.05, 4.69) is 0 Å². The summed E-state index contributed by atoms with van der Waals surface area (Å²) in [5.41, 5.74) is 0.430. The fourth-order valence-corrected chi connectivity index (χ4v) is 1.64. The Kier molecular flexibility index (Phi) is 3.78. The highest BCUT2D eigenvalue weighted by Gasteiger charge is 2.11.